The molecule has 0 N–H and O–H groups in total. The first-order valence-electron chi connectivity index (χ1n) is 12.2. The molecule has 0 spiro atoms. The Morgan fingerprint density at radius 1 is 0.971 bits per heavy atom. The van der Waals surface area contributed by atoms with Crippen LogP contribution in [0.4, 0.5) is 10.3 Å². The number of halogens is 1. The molecule has 7 heteroatoms. The molecule has 180 valence electrons. The van der Waals surface area contributed by atoms with Crippen LogP contribution in [0.25, 0.3) is 11.3 Å². The second-order valence-electron chi connectivity index (χ2n) is 9.23. The summed E-state index contributed by atoms with van der Waals surface area (Å²) in [4.78, 5) is 4.78. The van der Waals surface area contributed by atoms with E-state index in [1.54, 1.807) is 13.0 Å². The highest BCUT2D eigenvalue weighted by Gasteiger charge is 2.19. The first-order valence-corrected chi connectivity index (χ1v) is 12.2. The largest absolute Gasteiger partial charge is 0.454 e. The van der Waals surface area contributed by atoms with E-state index >= 15 is 0 Å². The molecule has 34 heavy (non-hydrogen) atoms. The van der Waals surface area contributed by atoms with E-state index in [1.807, 2.05) is 24.3 Å². The minimum atomic E-state index is -0.239. The molecule has 0 unspecified atom stereocenters. The molecule has 3 heterocycles. The van der Waals surface area contributed by atoms with Crippen molar-refractivity contribution in [3.8, 4) is 22.8 Å². The van der Waals surface area contributed by atoms with Gasteiger partial charge in [-0.15, -0.1) is 0 Å². The number of benzene rings is 2. The maximum Gasteiger partial charge on any atom is 0.231 e. The highest BCUT2D eigenvalue weighted by molar-refractivity contribution is 5.62. The van der Waals surface area contributed by atoms with Crippen LogP contribution in [0, 0.1) is 12.7 Å². The molecule has 0 aliphatic carbocycles. The second kappa shape index (κ2) is 10.5. The summed E-state index contributed by atoms with van der Waals surface area (Å²) in [5.41, 5.74) is 3.08. The summed E-state index contributed by atoms with van der Waals surface area (Å²) in [5.74, 6) is 2.00. The number of likely N-dealkylation sites (tertiary alicyclic amines) is 1. The van der Waals surface area contributed by atoms with E-state index in [1.165, 1.54) is 44.8 Å². The van der Waals surface area contributed by atoms with Gasteiger partial charge in [0, 0.05) is 24.7 Å². The lowest BCUT2D eigenvalue weighted by Crippen LogP contribution is -2.30. The van der Waals surface area contributed by atoms with Gasteiger partial charge in [0.1, 0.15) is 11.5 Å². The Morgan fingerprint density at radius 2 is 1.79 bits per heavy atom. The van der Waals surface area contributed by atoms with Crippen LogP contribution >= 0.6 is 0 Å². The van der Waals surface area contributed by atoms with Crippen molar-refractivity contribution in [3.63, 3.8) is 0 Å². The number of hydrogen-bond acceptors (Lipinski definition) is 6. The van der Waals surface area contributed by atoms with Crippen molar-refractivity contribution in [3.05, 3.63) is 59.4 Å². The first kappa shape index (κ1) is 22.7. The summed E-state index contributed by atoms with van der Waals surface area (Å²) in [6, 6.07) is 13.1. The van der Waals surface area contributed by atoms with Crippen molar-refractivity contribution in [1.82, 2.24) is 10.1 Å². The van der Waals surface area contributed by atoms with Gasteiger partial charge in [0.15, 0.2) is 11.5 Å². The van der Waals surface area contributed by atoms with E-state index in [4.69, 9.17) is 14.0 Å². The van der Waals surface area contributed by atoms with Crippen LogP contribution in [0.2, 0.25) is 0 Å². The number of anilines is 1. The lowest BCUT2D eigenvalue weighted by molar-refractivity contribution is 0.174. The SMILES string of the molecule is Cc1ccc(-c2cc(N(CCCN3CCCCCC3)Cc3ccc4c(c3)OCO4)on2)cc1F. The number of aromatic nitrogens is 1. The predicted molar refractivity (Wildman–Crippen MR) is 130 cm³/mol. The summed E-state index contributed by atoms with van der Waals surface area (Å²) < 4.78 is 30.9. The average Bonchev–Trinajstić information content (AvgIpc) is 3.44. The molecular weight excluding hydrogens is 433 g/mol. The van der Waals surface area contributed by atoms with Crippen LogP contribution in [0.1, 0.15) is 43.2 Å². The molecule has 0 radical (unpaired) electrons. The van der Waals surface area contributed by atoms with Gasteiger partial charge in [-0.05, 0) is 75.1 Å². The molecule has 0 saturated carbocycles. The Bertz CT molecular complexity index is 1110. The fourth-order valence-electron chi connectivity index (χ4n) is 4.67. The molecule has 0 bridgehead atoms. The van der Waals surface area contributed by atoms with Crippen LogP contribution in [0.15, 0.2) is 47.0 Å². The standard InChI is InChI=1S/C27H32FN3O3/c1-20-7-9-22(16-23(20)28)24-17-27(34-29-24)31(14-6-13-30-11-4-2-3-5-12-30)18-21-8-10-25-26(15-21)33-19-32-25/h7-10,15-17H,2-6,11-14,18-19H2,1H3. The Hall–Kier alpha value is -3.06. The molecule has 1 saturated heterocycles. The molecule has 2 aliphatic rings. The third-order valence-electron chi connectivity index (χ3n) is 6.69. The molecule has 2 aliphatic heterocycles. The molecule has 3 aromatic rings. The van der Waals surface area contributed by atoms with Crippen LogP contribution in [0.5, 0.6) is 11.5 Å². The maximum atomic E-state index is 14.1. The van der Waals surface area contributed by atoms with Crippen LogP contribution in [-0.4, -0.2) is 43.0 Å². The first-order chi connectivity index (χ1) is 16.7. The van der Waals surface area contributed by atoms with Gasteiger partial charge in [0.25, 0.3) is 0 Å². The summed E-state index contributed by atoms with van der Waals surface area (Å²) in [7, 11) is 0. The molecule has 2 aromatic carbocycles. The number of aryl methyl sites for hydroxylation is 1. The van der Waals surface area contributed by atoms with Gasteiger partial charge in [0.05, 0.1) is 0 Å². The fraction of sp³-hybridized carbons (Fsp3) is 0.444. The van der Waals surface area contributed by atoms with Gasteiger partial charge in [-0.2, -0.15) is 0 Å². The molecular formula is C27H32FN3O3. The van der Waals surface area contributed by atoms with Crippen molar-refractivity contribution < 1.29 is 18.4 Å². The highest BCUT2D eigenvalue weighted by atomic mass is 19.1. The van der Waals surface area contributed by atoms with Gasteiger partial charge in [-0.1, -0.05) is 36.2 Å². The zero-order valence-electron chi connectivity index (χ0n) is 19.8. The zero-order chi connectivity index (χ0) is 23.3. The Morgan fingerprint density at radius 3 is 2.62 bits per heavy atom. The molecule has 1 fully saturated rings. The molecule has 0 amide bonds. The van der Waals surface area contributed by atoms with Gasteiger partial charge < -0.3 is 23.8 Å². The van der Waals surface area contributed by atoms with Crippen molar-refractivity contribution >= 4 is 5.88 Å². The maximum absolute atomic E-state index is 14.1. The van der Waals surface area contributed by atoms with Gasteiger partial charge in [0.2, 0.25) is 12.7 Å². The summed E-state index contributed by atoms with van der Waals surface area (Å²) >= 11 is 0. The number of hydrogen-bond donors (Lipinski definition) is 0. The smallest absolute Gasteiger partial charge is 0.231 e. The topological polar surface area (TPSA) is 51.0 Å². The van der Waals surface area contributed by atoms with Crippen molar-refractivity contribution in [2.24, 2.45) is 0 Å². The minimum absolute atomic E-state index is 0.239. The highest BCUT2D eigenvalue weighted by Crippen LogP contribution is 2.34. The summed E-state index contributed by atoms with van der Waals surface area (Å²) in [6.45, 7) is 6.96. The van der Waals surface area contributed by atoms with Crippen LogP contribution in [0.3, 0.4) is 0 Å². The third-order valence-corrected chi connectivity index (χ3v) is 6.69. The lowest BCUT2D eigenvalue weighted by atomic mass is 10.1. The number of fused-ring (bicyclic) bond motifs is 1. The minimum Gasteiger partial charge on any atom is -0.454 e. The molecule has 5 rings (SSSR count). The van der Waals surface area contributed by atoms with Crippen LogP contribution < -0.4 is 14.4 Å². The Labute approximate surface area is 200 Å². The Kier molecular flexibility index (Phi) is 7.00. The molecule has 1 aromatic heterocycles. The quantitative estimate of drug-likeness (QED) is 0.420. The fourth-order valence-corrected chi connectivity index (χ4v) is 4.67. The van der Waals surface area contributed by atoms with Crippen molar-refractivity contribution in [1.29, 1.82) is 0 Å². The zero-order valence-corrected chi connectivity index (χ0v) is 19.8. The monoisotopic (exact) mass is 465 g/mol. The van der Waals surface area contributed by atoms with Crippen molar-refractivity contribution in [2.75, 3.05) is 37.9 Å². The average molecular weight is 466 g/mol. The summed E-state index contributed by atoms with van der Waals surface area (Å²) in [5, 5.41) is 4.25. The van der Waals surface area contributed by atoms with Gasteiger partial charge in [-0.3, -0.25) is 0 Å². The van der Waals surface area contributed by atoms with Crippen LogP contribution in [-0.2, 0) is 6.54 Å². The molecule has 0 atom stereocenters. The van der Waals surface area contributed by atoms with E-state index in [0.717, 1.165) is 36.6 Å². The summed E-state index contributed by atoms with van der Waals surface area (Å²) in [6.07, 6.45) is 6.29. The normalized spacial score (nSPS) is 15.9. The van der Waals surface area contributed by atoms with E-state index in [-0.39, 0.29) is 12.6 Å². The van der Waals surface area contributed by atoms with Crippen molar-refractivity contribution in [2.45, 2.75) is 45.6 Å². The second-order valence-corrected chi connectivity index (χ2v) is 9.23. The van der Waals surface area contributed by atoms with E-state index in [0.29, 0.717) is 29.2 Å². The lowest BCUT2D eigenvalue weighted by Gasteiger charge is -2.24. The number of ether oxygens (including phenoxy) is 2. The third kappa shape index (κ3) is 5.36. The van der Waals surface area contributed by atoms with E-state index in [9.17, 15) is 4.39 Å². The number of rotatable bonds is 8. The Balaban J connectivity index is 1.32. The van der Waals surface area contributed by atoms with Gasteiger partial charge >= 0.3 is 0 Å². The predicted octanol–water partition coefficient (Wildman–Crippen LogP) is 5.79. The van der Waals surface area contributed by atoms with E-state index in [2.05, 4.69) is 21.0 Å². The van der Waals surface area contributed by atoms with Gasteiger partial charge in [-0.25, -0.2) is 4.39 Å². The molecule has 6 nitrogen and oxygen atoms in total. The number of nitrogens with zero attached hydrogens (tertiary/aromatic N) is 3. The van der Waals surface area contributed by atoms with E-state index < -0.39 is 0 Å².